The number of pyridine rings is 1. The van der Waals surface area contributed by atoms with Crippen LogP contribution in [0.5, 0.6) is 0 Å². The van der Waals surface area contributed by atoms with Gasteiger partial charge in [-0.3, -0.25) is 19.2 Å². The molecule has 0 bridgehead atoms. The van der Waals surface area contributed by atoms with Crippen LogP contribution in [0.1, 0.15) is 47.6 Å². The molecule has 232 valence electrons. The van der Waals surface area contributed by atoms with E-state index in [1.54, 1.807) is 13.8 Å². The van der Waals surface area contributed by atoms with E-state index in [4.69, 9.17) is 9.26 Å². The zero-order chi connectivity index (χ0) is 31.8. The van der Waals surface area contributed by atoms with E-state index in [2.05, 4.69) is 21.1 Å². The van der Waals surface area contributed by atoms with E-state index in [0.29, 0.717) is 18.7 Å². The van der Waals surface area contributed by atoms with Crippen molar-refractivity contribution in [1.82, 2.24) is 20.4 Å². The number of rotatable bonds is 12. The SMILES string of the molecule is CCOC(=O)C=CC(CC1CCNC1=O)NC(=O)C(Cc1ccc(F)c(F)c1)n1cccc(NC(=O)c2cc(C)on2)c1=O. The summed E-state index contributed by atoms with van der Waals surface area (Å²) in [6.07, 6.45) is 4.27. The van der Waals surface area contributed by atoms with Crippen LogP contribution < -0.4 is 21.5 Å². The molecule has 1 aromatic carbocycles. The molecule has 3 N–H and O–H groups in total. The maximum Gasteiger partial charge on any atom is 0.330 e. The summed E-state index contributed by atoms with van der Waals surface area (Å²) in [6, 6.07) is 5.09. The number of carbonyl (C=O) groups is 4. The number of halogens is 2. The van der Waals surface area contributed by atoms with E-state index in [9.17, 15) is 32.8 Å². The molecule has 3 unspecified atom stereocenters. The molecule has 0 aliphatic carbocycles. The predicted octanol–water partition coefficient (Wildman–Crippen LogP) is 2.59. The summed E-state index contributed by atoms with van der Waals surface area (Å²) in [7, 11) is 0. The quantitative estimate of drug-likeness (QED) is 0.208. The van der Waals surface area contributed by atoms with Crippen LogP contribution in [-0.2, 0) is 25.5 Å². The van der Waals surface area contributed by atoms with Crippen molar-refractivity contribution in [3.8, 4) is 0 Å². The van der Waals surface area contributed by atoms with Crippen LogP contribution in [0.2, 0.25) is 0 Å². The average Bonchev–Trinajstić information content (AvgIpc) is 3.61. The number of hydrogen-bond acceptors (Lipinski definition) is 8. The van der Waals surface area contributed by atoms with E-state index >= 15 is 0 Å². The lowest BCUT2D eigenvalue weighted by atomic mass is 9.97. The highest BCUT2D eigenvalue weighted by molar-refractivity contribution is 6.02. The van der Waals surface area contributed by atoms with E-state index in [-0.39, 0.29) is 42.3 Å². The Balaban J connectivity index is 1.67. The number of aromatic nitrogens is 2. The van der Waals surface area contributed by atoms with Crippen molar-refractivity contribution in [3.05, 3.63) is 93.8 Å². The molecular formula is C30H31F2N5O7. The smallest absolute Gasteiger partial charge is 0.330 e. The second-order valence-corrected chi connectivity index (χ2v) is 10.1. The minimum absolute atomic E-state index is 0.0689. The van der Waals surface area contributed by atoms with Gasteiger partial charge in [-0.05, 0) is 56.5 Å². The molecular weight excluding hydrogens is 580 g/mol. The van der Waals surface area contributed by atoms with Gasteiger partial charge in [0.05, 0.1) is 6.61 Å². The number of carbonyl (C=O) groups excluding carboxylic acids is 4. The van der Waals surface area contributed by atoms with E-state index < -0.39 is 53.0 Å². The lowest BCUT2D eigenvalue weighted by Crippen LogP contribution is -2.43. The number of nitrogens with one attached hydrogen (secondary N) is 3. The second-order valence-electron chi connectivity index (χ2n) is 10.1. The minimum atomic E-state index is -1.32. The highest BCUT2D eigenvalue weighted by Crippen LogP contribution is 2.21. The summed E-state index contributed by atoms with van der Waals surface area (Å²) >= 11 is 0. The minimum Gasteiger partial charge on any atom is -0.463 e. The van der Waals surface area contributed by atoms with Gasteiger partial charge in [0.15, 0.2) is 17.3 Å². The molecule has 44 heavy (non-hydrogen) atoms. The number of nitrogens with zero attached hydrogens (tertiary/aromatic N) is 2. The molecule has 0 saturated carbocycles. The lowest BCUT2D eigenvalue weighted by Gasteiger charge is -2.24. The number of benzene rings is 1. The number of hydrogen-bond donors (Lipinski definition) is 3. The summed E-state index contributed by atoms with van der Waals surface area (Å²) in [5, 5.41) is 11.6. The summed E-state index contributed by atoms with van der Waals surface area (Å²) in [6.45, 7) is 3.83. The number of esters is 1. The third kappa shape index (κ3) is 8.02. The fraction of sp³-hybridized carbons (Fsp3) is 0.333. The first-order valence-electron chi connectivity index (χ1n) is 13.9. The molecule has 4 rings (SSSR count). The summed E-state index contributed by atoms with van der Waals surface area (Å²) in [4.78, 5) is 64.3. The standard InChI is InChI=1S/C30H31F2N5O7/c1-3-43-26(38)9-7-20(16-19-10-11-33-27(19)39)34-29(41)25(15-18-6-8-21(31)22(32)14-18)37-12-4-5-23(30(37)42)35-28(40)24-13-17(2)44-36-24/h4-9,12-14,19-20,25H,3,10-11,15-16H2,1-2H3,(H,33,39)(H,34,41)(H,35,40). The molecule has 1 saturated heterocycles. The van der Waals surface area contributed by atoms with Gasteiger partial charge in [0.25, 0.3) is 11.5 Å². The molecule has 1 aliphatic heterocycles. The average molecular weight is 612 g/mol. The molecule has 3 aromatic rings. The summed E-state index contributed by atoms with van der Waals surface area (Å²) in [5.74, 6) is -4.58. The van der Waals surface area contributed by atoms with Crippen molar-refractivity contribution in [2.75, 3.05) is 18.5 Å². The van der Waals surface area contributed by atoms with Crippen molar-refractivity contribution in [1.29, 1.82) is 0 Å². The molecule has 14 heteroatoms. The Morgan fingerprint density at radius 2 is 2.00 bits per heavy atom. The zero-order valence-corrected chi connectivity index (χ0v) is 24.0. The van der Waals surface area contributed by atoms with E-state index in [1.807, 2.05) is 0 Å². The molecule has 3 heterocycles. The molecule has 1 aliphatic rings. The Kier molecular flexibility index (Phi) is 10.4. The van der Waals surface area contributed by atoms with Crippen LogP contribution in [0, 0.1) is 24.5 Å². The topological polar surface area (TPSA) is 162 Å². The highest BCUT2D eigenvalue weighted by Gasteiger charge is 2.30. The van der Waals surface area contributed by atoms with Crippen molar-refractivity contribution in [3.63, 3.8) is 0 Å². The van der Waals surface area contributed by atoms with Crippen LogP contribution >= 0.6 is 0 Å². The lowest BCUT2D eigenvalue weighted by molar-refractivity contribution is -0.137. The van der Waals surface area contributed by atoms with Crippen molar-refractivity contribution in [2.45, 2.75) is 45.2 Å². The largest absolute Gasteiger partial charge is 0.463 e. The third-order valence-electron chi connectivity index (χ3n) is 6.91. The van der Waals surface area contributed by atoms with Crippen LogP contribution in [0.15, 0.2) is 64.1 Å². The van der Waals surface area contributed by atoms with Gasteiger partial charge in [-0.2, -0.15) is 0 Å². The third-order valence-corrected chi connectivity index (χ3v) is 6.91. The Labute approximate surface area is 250 Å². The summed E-state index contributed by atoms with van der Waals surface area (Å²) < 4.78 is 38.6. The van der Waals surface area contributed by atoms with Gasteiger partial charge in [-0.1, -0.05) is 17.3 Å². The van der Waals surface area contributed by atoms with Crippen molar-refractivity contribution in [2.24, 2.45) is 5.92 Å². The number of amides is 3. The molecule has 12 nitrogen and oxygen atoms in total. The van der Waals surface area contributed by atoms with Gasteiger partial charge in [-0.25, -0.2) is 13.6 Å². The van der Waals surface area contributed by atoms with Gasteiger partial charge >= 0.3 is 5.97 Å². The van der Waals surface area contributed by atoms with Crippen LogP contribution in [0.3, 0.4) is 0 Å². The summed E-state index contributed by atoms with van der Waals surface area (Å²) in [5.41, 5.74) is -0.807. The van der Waals surface area contributed by atoms with Gasteiger partial charge in [0, 0.05) is 43.3 Å². The fourth-order valence-electron chi connectivity index (χ4n) is 4.74. The first-order valence-corrected chi connectivity index (χ1v) is 13.9. The number of aryl methyl sites for hydroxylation is 1. The molecule has 3 amide bonds. The maximum absolute atomic E-state index is 14.1. The number of anilines is 1. The first-order chi connectivity index (χ1) is 21.0. The Morgan fingerprint density at radius 3 is 2.66 bits per heavy atom. The monoisotopic (exact) mass is 611 g/mol. The Morgan fingerprint density at radius 1 is 1.20 bits per heavy atom. The molecule has 3 atom stereocenters. The van der Waals surface area contributed by atoms with E-state index in [1.165, 1.54) is 36.5 Å². The van der Waals surface area contributed by atoms with Gasteiger partial charge < -0.3 is 29.8 Å². The second kappa shape index (κ2) is 14.4. The molecule has 0 spiro atoms. The van der Waals surface area contributed by atoms with Gasteiger partial charge in [0.2, 0.25) is 11.8 Å². The van der Waals surface area contributed by atoms with Crippen LogP contribution in [0.25, 0.3) is 0 Å². The van der Waals surface area contributed by atoms with Crippen molar-refractivity contribution < 1.29 is 37.2 Å². The van der Waals surface area contributed by atoms with Crippen LogP contribution in [-0.4, -0.2) is 52.6 Å². The normalized spacial score (nSPS) is 15.9. The van der Waals surface area contributed by atoms with Gasteiger partial charge in [-0.15, -0.1) is 0 Å². The maximum atomic E-state index is 14.1. The Hall–Kier alpha value is -5.14. The van der Waals surface area contributed by atoms with Crippen LogP contribution in [0.4, 0.5) is 14.5 Å². The van der Waals surface area contributed by atoms with Gasteiger partial charge in [0.1, 0.15) is 17.5 Å². The van der Waals surface area contributed by atoms with Crippen molar-refractivity contribution >= 4 is 29.4 Å². The Bertz CT molecular complexity index is 1630. The predicted molar refractivity (Wildman–Crippen MR) is 152 cm³/mol. The van der Waals surface area contributed by atoms with E-state index in [0.717, 1.165) is 22.8 Å². The fourth-order valence-corrected chi connectivity index (χ4v) is 4.74. The highest BCUT2D eigenvalue weighted by atomic mass is 19.2. The molecule has 2 aromatic heterocycles. The first kappa shape index (κ1) is 31.8. The zero-order valence-electron chi connectivity index (χ0n) is 24.0. The number of ether oxygens (including phenoxy) is 1. The molecule has 0 radical (unpaired) electrons. The molecule has 1 fully saturated rings.